The molecule has 1 fully saturated rings. The summed E-state index contributed by atoms with van der Waals surface area (Å²) in [5, 5.41) is 0. The lowest BCUT2D eigenvalue weighted by Crippen LogP contribution is -2.02. The van der Waals surface area contributed by atoms with Gasteiger partial charge in [-0.15, -0.1) is 6.42 Å². The van der Waals surface area contributed by atoms with Gasteiger partial charge in [0.25, 0.3) is 0 Å². The van der Waals surface area contributed by atoms with Crippen LogP contribution in [0, 0.1) is 18.2 Å². The van der Waals surface area contributed by atoms with Gasteiger partial charge >= 0.3 is 0 Å². The first-order valence-electron chi connectivity index (χ1n) is 4.73. The minimum absolute atomic E-state index is 0.0309. The third kappa shape index (κ3) is 2.56. The van der Waals surface area contributed by atoms with Crippen LogP contribution in [0.15, 0.2) is 24.3 Å². The van der Waals surface area contributed by atoms with Gasteiger partial charge in [0.05, 0.1) is 6.61 Å². The maximum Gasteiger partial charge on any atom is 0.123 e. The van der Waals surface area contributed by atoms with Gasteiger partial charge < -0.3 is 9.47 Å². The van der Waals surface area contributed by atoms with Crippen molar-refractivity contribution in [1.82, 2.24) is 0 Å². The van der Waals surface area contributed by atoms with Crippen molar-refractivity contribution in [3.05, 3.63) is 35.6 Å². The highest BCUT2D eigenvalue weighted by Gasteiger charge is 2.40. The van der Waals surface area contributed by atoms with Gasteiger partial charge in [-0.05, 0) is 17.7 Å². The quantitative estimate of drug-likeness (QED) is 0.426. The van der Waals surface area contributed by atoms with Gasteiger partial charge in [-0.3, -0.25) is 0 Å². The minimum Gasteiger partial charge on any atom is -0.366 e. The lowest BCUT2D eigenvalue weighted by atomic mass is 10.1. The fourth-order valence-electron chi connectivity index (χ4n) is 1.45. The van der Waals surface area contributed by atoms with Crippen molar-refractivity contribution in [2.45, 2.75) is 12.2 Å². The van der Waals surface area contributed by atoms with Crippen molar-refractivity contribution in [3.8, 4) is 12.3 Å². The molecular weight excluding hydrogens is 195 g/mol. The van der Waals surface area contributed by atoms with Crippen LogP contribution in [0.3, 0.4) is 0 Å². The molecule has 2 atom stereocenters. The average Bonchev–Trinajstić information content (AvgIpc) is 2.99. The van der Waals surface area contributed by atoms with Crippen LogP contribution in [-0.4, -0.2) is 19.3 Å². The maximum atomic E-state index is 12.6. The normalized spacial score (nSPS) is 23.5. The molecule has 1 aliphatic rings. The first-order valence-corrected chi connectivity index (χ1v) is 4.73. The highest BCUT2D eigenvalue weighted by Crippen LogP contribution is 2.38. The summed E-state index contributed by atoms with van der Waals surface area (Å²) in [6.07, 6.45) is 5.13. The zero-order chi connectivity index (χ0) is 10.7. The second-order valence-corrected chi connectivity index (χ2v) is 3.37. The summed E-state index contributed by atoms with van der Waals surface area (Å²) in [6, 6.07) is 6.30. The Morgan fingerprint density at radius 2 is 2.13 bits per heavy atom. The summed E-state index contributed by atoms with van der Waals surface area (Å²) < 4.78 is 23.1. The van der Waals surface area contributed by atoms with E-state index in [0.717, 1.165) is 5.56 Å². The molecule has 0 aromatic heterocycles. The molecule has 0 radical (unpaired) electrons. The molecule has 0 aliphatic carbocycles. The number of rotatable bonds is 4. The Morgan fingerprint density at radius 3 is 2.80 bits per heavy atom. The first-order chi connectivity index (χ1) is 7.31. The molecule has 1 aromatic rings. The lowest BCUT2D eigenvalue weighted by molar-refractivity contribution is 0.145. The Bertz CT molecular complexity index is 366. The summed E-state index contributed by atoms with van der Waals surface area (Å²) in [6.45, 7) is 0.794. The van der Waals surface area contributed by atoms with Crippen molar-refractivity contribution in [3.63, 3.8) is 0 Å². The fourth-order valence-corrected chi connectivity index (χ4v) is 1.45. The van der Waals surface area contributed by atoms with Crippen LogP contribution >= 0.6 is 0 Å². The Kier molecular flexibility index (Phi) is 3.00. The SMILES string of the molecule is C#CCOC[C@H]1O[C@H]1c1ccc(F)cc1. The maximum absolute atomic E-state index is 12.6. The first kappa shape index (κ1) is 10.2. The van der Waals surface area contributed by atoms with E-state index >= 15 is 0 Å². The summed E-state index contributed by atoms with van der Waals surface area (Å²) in [7, 11) is 0. The van der Waals surface area contributed by atoms with E-state index < -0.39 is 0 Å². The molecule has 0 amide bonds. The second kappa shape index (κ2) is 4.43. The van der Waals surface area contributed by atoms with Crippen molar-refractivity contribution in [2.75, 3.05) is 13.2 Å². The summed E-state index contributed by atoms with van der Waals surface area (Å²) in [5.41, 5.74) is 0.978. The number of halogens is 1. The van der Waals surface area contributed by atoms with Crippen molar-refractivity contribution in [1.29, 1.82) is 0 Å². The molecule has 78 valence electrons. The Labute approximate surface area is 88.0 Å². The number of hydrogen-bond acceptors (Lipinski definition) is 2. The Morgan fingerprint density at radius 1 is 1.40 bits per heavy atom. The van der Waals surface area contributed by atoms with E-state index in [1.165, 1.54) is 12.1 Å². The van der Waals surface area contributed by atoms with E-state index in [-0.39, 0.29) is 18.0 Å². The molecule has 3 heteroatoms. The lowest BCUT2D eigenvalue weighted by Gasteiger charge is -1.96. The predicted octanol–water partition coefficient (Wildman–Crippen LogP) is 1.92. The molecule has 1 aromatic carbocycles. The number of terminal acetylenes is 1. The van der Waals surface area contributed by atoms with Crippen LogP contribution in [0.5, 0.6) is 0 Å². The topological polar surface area (TPSA) is 21.8 Å². The number of epoxide rings is 1. The van der Waals surface area contributed by atoms with Gasteiger partial charge in [0, 0.05) is 0 Å². The smallest absolute Gasteiger partial charge is 0.123 e. The van der Waals surface area contributed by atoms with Gasteiger partial charge in [-0.1, -0.05) is 18.1 Å². The van der Waals surface area contributed by atoms with E-state index in [2.05, 4.69) is 5.92 Å². The molecule has 0 spiro atoms. The zero-order valence-electron chi connectivity index (χ0n) is 8.15. The molecule has 15 heavy (non-hydrogen) atoms. The van der Waals surface area contributed by atoms with Crippen LogP contribution in [0.4, 0.5) is 4.39 Å². The molecule has 1 saturated heterocycles. The highest BCUT2D eigenvalue weighted by atomic mass is 19.1. The minimum atomic E-state index is -0.237. The van der Waals surface area contributed by atoms with Gasteiger partial charge in [-0.25, -0.2) is 4.39 Å². The van der Waals surface area contributed by atoms with Gasteiger partial charge in [0.15, 0.2) is 0 Å². The third-order valence-electron chi connectivity index (χ3n) is 2.25. The number of hydrogen-bond donors (Lipinski definition) is 0. The molecular formula is C12H11FO2. The van der Waals surface area contributed by atoms with Crippen molar-refractivity contribution in [2.24, 2.45) is 0 Å². The molecule has 0 N–H and O–H groups in total. The highest BCUT2D eigenvalue weighted by molar-refractivity contribution is 5.23. The van der Waals surface area contributed by atoms with E-state index in [4.69, 9.17) is 15.9 Å². The van der Waals surface area contributed by atoms with E-state index in [0.29, 0.717) is 13.2 Å². The number of benzene rings is 1. The third-order valence-corrected chi connectivity index (χ3v) is 2.25. The van der Waals surface area contributed by atoms with E-state index in [1.54, 1.807) is 12.1 Å². The Balaban J connectivity index is 1.83. The summed E-state index contributed by atoms with van der Waals surface area (Å²) >= 11 is 0. The Hall–Kier alpha value is -1.37. The fraction of sp³-hybridized carbons (Fsp3) is 0.333. The predicted molar refractivity (Wildman–Crippen MR) is 53.7 cm³/mol. The standard InChI is InChI=1S/C12H11FO2/c1-2-7-14-8-11-12(15-11)9-3-5-10(13)6-4-9/h1,3-6,11-12H,7-8H2/t11-,12+/m1/s1. The molecule has 1 heterocycles. The van der Waals surface area contributed by atoms with Crippen LogP contribution in [-0.2, 0) is 9.47 Å². The molecule has 0 saturated carbocycles. The molecule has 2 rings (SSSR count). The largest absolute Gasteiger partial charge is 0.366 e. The average molecular weight is 206 g/mol. The molecule has 0 bridgehead atoms. The summed E-state index contributed by atoms with van der Waals surface area (Å²) in [5.74, 6) is 2.15. The van der Waals surface area contributed by atoms with E-state index in [1.807, 2.05) is 0 Å². The van der Waals surface area contributed by atoms with Crippen LogP contribution in [0.2, 0.25) is 0 Å². The number of ether oxygens (including phenoxy) is 2. The molecule has 2 nitrogen and oxygen atoms in total. The van der Waals surface area contributed by atoms with Gasteiger partial charge in [0.2, 0.25) is 0 Å². The van der Waals surface area contributed by atoms with Crippen LogP contribution < -0.4 is 0 Å². The van der Waals surface area contributed by atoms with Crippen LogP contribution in [0.25, 0.3) is 0 Å². The monoisotopic (exact) mass is 206 g/mol. The van der Waals surface area contributed by atoms with Crippen molar-refractivity contribution < 1.29 is 13.9 Å². The van der Waals surface area contributed by atoms with E-state index in [9.17, 15) is 4.39 Å². The molecule has 1 aliphatic heterocycles. The van der Waals surface area contributed by atoms with Crippen LogP contribution in [0.1, 0.15) is 11.7 Å². The zero-order valence-corrected chi connectivity index (χ0v) is 8.15. The summed E-state index contributed by atoms with van der Waals surface area (Å²) in [4.78, 5) is 0. The second-order valence-electron chi connectivity index (χ2n) is 3.37. The van der Waals surface area contributed by atoms with Gasteiger partial charge in [0.1, 0.15) is 24.6 Å². The van der Waals surface area contributed by atoms with Crippen molar-refractivity contribution >= 4 is 0 Å². The molecule has 0 unspecified atom stereocenters. The van der Waals surface area contributed by atoms with Gasteiger partial charge in [-0.2, -0.15) is 0 Å².